The minimum atomic E-state index is -4.96. The Bertz CT molecular complexity index is 654. The number of carbonyl (C=O) groups is 2. The smallest absolute Gasteiger partial charge is 1.00 e. The molecule has 0 unspecified atom stereocenters. The molecule has 0 saturated heterocycles. The number of hydrogen-bond acceptors (Lipinski definition) is 4. The van der Waals surface area contributed by atoms with Crippen LogP contribution in [0, 0.1) is 13.8 Å². The third kappa shape index (κ3) is 3.84. The monoisotopic (exact) mass is 314 g/mol. The van der Waals surface area contributed by atoms with Crippen molar-refractivity contribution < 1.29 is 85.6 Å². The van der Waals surface area contributed by atoms with Gasteiger partial charge in [-0.1, -0.05) is 0 Å². The van der Waals surface area contributed by atoms with Gasteiger partial charge in [-0.15, -0.1) is 0 Å². The van der Waals surface area contributed by atoms with Gasteiger partial charge < -0.3 is 11.6 Å². The summed E-state index contributed by atoms with van der Waals surface area (Å²) in [5.41, 5.74) is -1.11. The van der Waals surface area contributed by atoms with Gasteiger partial charge in [-0.2, -0.15) is 8.42 Å². The second-order valence-corrected chi connectivity index (χ2v) is 5.01. The Kier molecular flexibility index (Phi) is 6.34. The SMILES string of the molecule is Cc1cc(C(=O)O)c(S(=O)(=O)O)c(C(=O)O)c1C.[H-].[K+]. The summed E-state index contributed by atoms with van der Waals surface area (Å²) in [4.78, 5) is 20.9. The molecular weight excluding hydrogens is 303 g/mol. The molecule has 0 spiro atoms. The van der Waals surface area contributed by atoms with Crippen LogP contribution in [-0.2, 0) is 10.1 Å². The Balaban J connectivity index is 0. The number of aromatic carboxylic acids is 2. The van der Waals surface area contributed by atoms with Crippen LogP contribution in [0.4, 0.5) is 0 Å². The largest absolute Gasteiger partial charge is 1.00 e. The Labute approximate surface area is 153 Å². The van der Waals surface area contributed by atoms with Gasteiger partial charge in [0, 0.05) is 0 Å². The zero-order chi connectivity index (χ0) is 14.2. The van der Waals surface area contributed by atoms with Crippen molar-refractivity contribution in [1.29, 1.82) is 0 Å². The Morgan fingerprint density at radius 2 is 1.63 bits per heavy atom. The molecule has 19 heavy (non-hydrogen) atoms. The van der Waals surface area contributed by atoms with Gasteiger partial charge >= 0.3 is 63.3 Å². The van der Waals surface area contributed by atoms with Crippen molar-refractivity contribution in [1.82, 2.24) is 0 Å². The molecule has 1 aromatic carbocycles. The molecule has 0 aliphatic heterocycles. The van der Waals surface area contributed by atoms with Crippen molar-refractivity contribution in [2.45, 2.75) is 18.7 Å². The molecule has 0 aliphatic rings. The molecule has 0 aliphatic carbocycles. The van der Waals surface area contributed by atoms with E-state index >= 15 is 0 Å². The fraction of sp³-hybridized carbons (Fsp3) is 0.200. The van der Waals surface area contributed by atoms with Crippen molar-refractivity contribution in [3.05, 3.63) is 28.3 Å². The second-order valence-electron chi connectivity index (χ2n) is 3.66. The van der Waals surface area contributed by atoms with Gasteiger partial charge in [0.1, 0.15) is 4.90 Å². The number of rotatable bonds is 3. The van der Waals surface area contributed by atoms with Crippen molar-refractivity contribution in [3.63, 3.8) is 0 Å². The van der Waals surface area contributed by atoms with Crippen LogP contribution in [0.5, 0.6) is 0 Å². The average Bonchev–Trinajstić information content (AvgIpc) is 2.18. The van der Waals surface area contributed by atoms with E-state index in [1.165, 1.54) is 13.8 Å². The van der Waals surface area contributed by atoms with Crippen LogP contribution < -0.4 is 51.4 Å². The van der Waals surface area contributed by atoms with Crippen LogP contribution in [-0.4, -0.2) is 35.1 Å². The van der Waals surface area contributed by atoms with E-state index < -0.39 is 38.1 Å². The van der Waals surface area contributed by atoms with Gasteiger partial charge in [-0.25, -0.2) is 9.59 Å². The average molecular weight is 314 g/mol. The standard InChI is InChI=1S/C10H10O7S.K.H/c1-4-3-6(9(11)12)8(18(15,16)17)7(5(4)2)10(13)14;;/h3H,1-2H3,(H,11,12)(H,13,14)(H,15,16,17);;/q;+1;-1. The molecule has 0 fully saturated rings. The van der Waals surface area contributed by atoms with E-state index in [0.29, 0.717) is 5.56 Å². The molecule has 100 valence electrons. The predicted molar refractivity (Wildman–Crippen MR) is 60.8 cm³/mol. The molecule has 0 saturated carbocycles. The summed E-state index contributed by atoms with van der Waals surface area (Å²) in [6, 6.07) is 1.01. The number of carboxylic acid groups (broad SMARTS) is 2. The Hall–Kier alpha value is -0.294. The zero-order valence-electron chi connectivity index (χ0n) is 11.5. The Morgan fingerprint density at radius 1 is 1.16 bits per heavy atom. The van der Waals surface area contributed by atoms with Gasteiger partial charge in [0.25, 0.3) is 10.1 Å². The molecule has 9 heteroatoms. The van der Waals surface area contributed by atoms with E-state index in [1.54, 1.807) is 0 Å². The van der Waals surface area contributed by atoms with E-state index in [0.717, 1.165) is 6.07 Å². The summed E-state index contributed by atoms with van der Waals surface area (Å²) in [7, 11) is -4.96. The quantitative estimate of drug-likeness (QED) is 0.437. The third-order valence-electron chi connectivity index (χ3n) is 2.50. The normalized spacial score (nSPS) is 10.7. The molecule has 1 aromatic rings. The van der Waals surface area contributed by atoms with E-state index in [-0.39, 0.29) is 58.4 Å². The number of carboxylic acids is 2. The summed E-state index contributed by atoms with van der Waals surface area (Å²) in [5, 5.41) is 17.9. The molecule has 1 rings (SSSR count). The summed E-state index contributed by atoms with van der Waals surface area (Å²) in [6.07, 6.45) is 0. The maximum Gasteiger partial charge on any atom is 1.00 e. The first kappa shape index (κ1) is 18.7. The van der Waals surface area contributed by atoms with Crippen LogP contribution in [0.25, 0.3) is 0 Å². The van der Waals surface area contributed by atoms with Gasteiger partial charge in [0.2, 0.25) is 0 Å². The van der Waals surface area contributed by atoms with Crippen LogP contribution in [0.3, 0.4) is 0 Å². The minimum Gasteiger partial charge on any atom is -1.00 e. The van der Waals surface area contributed by atoms with E-state index in [2.05, 4.69) is 0 Å². The molecular formula is C10H11KO7S. The van der Waals surface area contributed by atoms with Crippen molar-refractivity contribution in [2.75, 3.05) is 0 Å². The number of benzene rings is 1. The molecule has 3 N–H and O–H groups in total. The first-order valence-electron chi connectivity index (χ1n) is 4.65. The van der Waals surface area contributed by atoms with E-state index in [1.807, 2.05) is 0 Å². The predicted octanol–water partition coefficient (Wildman–Crippen LogP) is -1.94. The molecule has 0 radical (unpaired) electrons. The first-order chi connectivity index (χ1) is 8.07. The fourth-order valence-corrected chi connectivity index (χ4v) is 2.50. The fourth-order valence-electron chi connectivity index (χ4n) is 1.58. The van der Waals surface area contributed by atoms with Gasteiger partial charge in [0.15, 0.2) is 0 Å². The maximum atomic E-state index is 11.2. The summed E-state index contributed by atoms with van der Waals surface area (Å²) in [6.45, 7) is 2.78. The molecule has 0 atom stereocenters. The van der Waals surface area contributed by atoms with Crippen molar-refractivity contribution in [2.24, 2.45) is 0 Å². The van der Waals surface area contributed by atoms with Gasteiger partial charge in [0.05, 0.1) is 11.1 Å². The van der Waals surface area contributed by atoms with Crippen LogP contribution in [0.15, 0.2) is 11.0 Å². The molecule has 0 amide bonds. The molecule has 7 nitrogen and oxygen atoms in total. The zero-order valence-corrected chi connectivity index (χ0v) is 14.4. The Morgan fingerprint density at radius 3 is 1.95 bits per heavy atom. The number of hydrogen-bond donors (Lipinski definition) is 3. The van der Waals surface area contributed by atoms with Crippen molar-refractivity contribution in [3.8, 4) is 0 Å². The third-order valence-corrected chi connectivity index (χ3v) is 3.44. The summed E-state index contributed by atoms with van der Waals surface area (Å²) < 4.78 is 31.4. The first-order valence-corrected chi connectivity index (χ1v) is 6.09. The van der Waals surface area contributed by atoms with E-state index in [9.17, 15) is 18.0 Å². The maximum absolute atomic E-state index is 11.2. The molecule has 0 heterocycles. The summed E-state index contributed by atoms with van der Waals surface area (Å²) >= 11 is 0. The van der Waals surface area contributed by atoms with Crippen LogP contribution >= 0.6 is 0 Å². The second kappa shape index (κ2) is 6.44. The van der Waals surface area contributed by atoms with Crippen LogP contribution in [0.2, 0.25) is 0 Å². The minimum absolute atomic E-state index is 0. The molecule has 0 aromatic heterocycles. The van der Waals surface area contributed by atoms with E-state index in [4.69, 9.17) is 14.8 Å². The molecule has 0 bridgehead atoms. The van der Waals surface area contributed by atoms with Crippen LogP contribution in [0.1, 0.15) is 33.3 Å². The number of aryl methyl sites for hydroxylation is 1. The van der Waals surface area contributed by atoms with Crippen molar-refractivity contribution >= 4 is 22.1 Å². The van der Waals surface area contributed by atoms with Gasteiger partial charge in [-0.3, -0.25) is 4.55 Å². The van der Waals surface area contributed by atoms with Gasteiger partial charge in [-0.05, 0) is 31.0 Å². The summed E-state index contributed by atoms with van der Waals surface area (Å²) in [5.74, 6) is -3.25. The topological polar surface area (TPSA) is 129 Å².